The number of aromatic carboxylic acids is 1. The Morgan fingerprint density at radius 1 is 1.35 bits per heavy atom. The van der Waals surface area contributed by atoms with E-state index < -0.39 is 5.97 Å². The van der Waals surface area contributed by atoms with Gasteiger partial charge in [0.25, 0.3) is 0 Å². The molecule has 0 aliphatic carbocycles. The summed E-state index contributed by atoms with van der Waals surface area (Å²) >= 11 is 0. The third-order valence-corrected chi connectivity index (χ3v) is 3.33. The van der Waals surface area contributed by atoms with Gasteiger partial charge >= 0.3 is 5.97 Å². The van der Waals surface area contributed by atoms with Gasteiger partial charge in [-0.15, -0.1) is 0 Å². The molecule has 0 bridgehead atoms. The fraction of sp³-hybridized carbons (Fsp3) is 0.583. The number of carboxylic acids is 1. The van der Waals surface area contributed by atoms with Gasteiger partial charge in [0.2, 0.25) is 0 Å². The van der Waals surface area contributed by atoms with Crippen LogP contribution in [0.25, 0.3) is 0 Å². The number of nitrogens with zero attached hydrogens (tertiary/aromatic N) is 3. The fourth-order valence-corrected chi connectivity index (χ4v) is 2.48. The molecule has 0 spiro atoms. The van der Waals surface area contributed by atoms with Gasteiger partial charge in [-0.1, -0.05) is 0 Å². The second kappa shape index (κ2) is 4.69. The molecule has 2 atom stereocenters. The van der Waals surface area contributed by atoms with Crippen LogP contribution in [0.5, 0.6) is 0 Å². The number of hydrogen-bond acceptors (Lipinski definition) is 4. The van der Waals surface area contributed by atoms with Gasteiger partial charge in [-0.3, -0.25) is 0 Å². The Hall–Kier alpha value is -1.65. The van der Waals surface area contributed by atoms with Crippen LogP contribution in [0.2, 0.25) is 0 Å². The predicted octanol–water partition coefficient (Wildman–Crippen LogP) is 1.94. The second-order valence-corrected chi connectivity index (χ2v) is 4.60. The zero-order chi connectivity index (χ0) is 12.4. The lowest BCUT2D eigenvalue weighted by molar-refractivity contribution is 0.0690. The van der Waals surface area contributed by atoms with Crippen molar-refractivity contribution in [2.75, 3.05) is 4.90 Å². The maximum atomic E-state index is 10.9. The summed E-state index contributed by atoms with van der Waals surface area (Å²) in [5, 5.41) is 8.93. The Morgan fingerprint density at radius 3 is 2.59 bits per heavy atom. The number of rotatable bonds is 2. The second-order valence-electron chi connectivity index (χ2n) is 4.60. The van der Waals surface area contributed by atoms with E-state index >= 15 is 0 Å². The van der Waals surface area contributed by atoms with Crippen LogP contribution in [-0.4, -0.2) is 33.1 Å². The van der Waals surface area contributed by atoms with Gasteiger partial charge in [0, 0.05) is 18.2 Å². The van der Waals surface area contributed by atoms with E-state index in [0.29, 0.717) is 12.1 Å². The molecule has 0 saturated carbocycles. The molecule has 1 aliphatic heterocycles. The molecule has 0 unspecified atom stereocenters. The highest BCUT2D eigenvalue weighted by Crippen LogP contribution is 2.27. The third kappa shape index (κ3) is 2.38. The summed E-state index contributed by atoms with van der Waals surface area (Å²) in [5.41, 5.74) is 0.0555. The first-order chi connectivity index (χ1) is 8.09. The number of anilines is 1. The summed E-state index contributed by atoms with van der Waals surface area (Å²) in [7, 11) is 0. The minimum Gasteiger partial charge on any atom is -0.477 e. The van der Waals surface area contributed by atoms with Crippen molar-refractivity contribution in [3.05, 3.63) is 18.1 Å². The van der Waals surface area contributed by atoms with Gasteiger partial charge in [-0.2, -0.15) is 0 Å². The summed E-state index contributed by atoms with van der Waals surface area (Å²) in [6.07, 6.45) is 4.79. The normalized spacial score (nSPS) is 24.7. The van der Waals surface area contributed by atoms with Crippen molar-refractivity contribution in [2.45, 2.75) is 45.2 Å². The summed E-state index contributed by atoms with van der Waals surface area (Å²) in [4.78, 5) is 21.0. The van der Waals surface area contributed by atoms with E-state index in [1.165, 1.54) is 12.7 Å². The lowest BCUT2D eigenvalue weighted by atomic mass is 9.97. The lowest BCUT2D eigenvalue weighted by Gasteiger charge is -2.39. The molecule has 0 aromatic carbocycles. The molecule has 5 heteroatoms. The highest BCUT2D eigenvalue weighted by Gasteiger charge is 2.26. The number of piperidine rings is 1. The zero-order valence-corrected chi connectivity index (χ0v) is 10.1. The van der Waals surface area contributed by atoms with Gasteiger partial charge in [0.05, 0.1) is 0 Å². The Labute approximate surface area is 100 Å². The minimum atomic E-state index is -1.01. The average molecular weight is 235 g/mol. The molecule has 92 valence electrons. The number of aromatic nitrogens is 2. The highest BCUT2D eigenvalue weighted by molar-refractivity contribution is 5.86. The average Bonchev–Trinajstić information content (AvgIpc) is 2.29. The fourth-order valence-electron chi connectivity index (χ4n) is 2.48. The van der Waals surface area contributed by atoms with Crippen LogP contribution in [0.4, 0.5) is 5.82 Å². The first kappa shape index (κ1) is 11.8. The topological polar surface area (TPSA) is 66.3 Å². The first-order valence-electron chi connectivity index (χ1n) is 5.93. The quantitative estimate of drug-likeness (QED) is 0.848. The standard InChI is InChI=1S/C12H17N3O2/c1-8-4-3-5-9(2)15(8)11-6-10(12(16)17)13-7-14-11/h6-9H,3-5H2,1-2H3,(H,16,17)/t8-,9-/m0/s1. The van der Waals surface area contributed by atoms with E-state index in [2.05, 4.69) is 28.7 Å². The van der Waals surface area contributed by atoms with Crippen molar-refractivity contribution < 1.29 is 9.90 Å². The van der Waals surface area contributed by atoms with Crippen LogP contribution in [-0.2, 0) is 0 Å². The van der Waals surface area contributed by atoms with Crippen LogP contribution in [0.1, 0.15) is 43.6 Å². The van der Waals surface area contributed by atoms with Crippen LogP contribution >= 0.6 is 0 Å². The maximum absolute atomic E-state index is 10.9. The van der Waals surface area contributed by atoms with Crippen molar-refractivity contribution in [1.29, 1.82) is 0 Å². The van der Waals surface area contributed by atoms with Gasteiger partial charge in [0.15, 0.2) is 5.69 Å². The lowest BCUT2D eigenvalue weighted by Crippen LogP contribution is -2.44. The van der Waals surface area contributed by atoms with Crippen molar-refractivity contribution in [1.82, 2.24) is 9.97 Å². The number of carbonyl (C=O) groups is 1. The minimum absolute atomic E-state index is 0.0555. The van der Waals surface area contributed by atoms with Gasteiger partial charge < -0.3 is 10.0 Å². The third-order valence-electron chi connectivity index (χ3n) is 3.33. The molecular formula is C12H17N3O2. The Balaban J connectivity index is 2.31. The van der Waals surface area contributed by atoms with E-state index in [4.69, 9.17) is 5.11 Å². The Kier molecular flexibility index (Phi) is 3.26. The van der Waals surface area contributed by atoms with E-state index in [9.17, 15) is 4.79 Å². The monoisotopic (exact) mass is 235 g/mol. The van der Waals surface area contributed by atoms with E-state index in [1.807, 2.05) is 0 Å². The van der Waals surface area contributed by atoms with Crippen LogP contribution in [0.3, 0.4) is 0 Å². The number of carboxylic acid groups (broad SMARTS) is 1. The predicted molar refractivity (Wildman–Crippen MR) is 64.2 cm³/mol. The molecule has 0 radical (unpaired) electrons. The molecule has 2 heterocycles. The number of hydrogen-bond donors (Lipinski definition) is 1. The molecule has 17 heavy (non-hydrogen) atoms. The maximum Gasteiger partial charge on any atom is 0.354 e. The van der Waals surface area contributed by atoms with Crippen molar-refractivity contribution in [3.63, 3.8) is 0 Å². The van der Waals surface area contributed by atoms with Crippen molar-refractivity contribution in [2.24, 2.45) is 0 Å². The van der Waals surface area contributed by atoms with Crippen LogP contribution in [0, 0.1) is 0 Å². The van der Waals surface area contributed by atoms with Crippen molar-refractivity contribution >= 4 is 11.8 Å². The van der Waals surface area contributed by atoms with Gasteiger partial charge in [0.1, 0.15) is 12.1 Å². The molecule has 1 fully saturated rings. The van der Waals surface area contributed by atoms with E-state index in [-0.39, 0.29) is 5.69 Å². The van der Waals surface area contributed by atoms with Gasteiger partial charge in [-0.25, -0.2) is 14.8 Å². The Bertz CT molecular complexity index is 412. The highest BCUT2D eigenvalue weighted by atomic mass is 16.4. The largest absolute Gasteiger partial charge is 0.477 e. The molecule has 1 aromatic heterocycles. The summed E-state index contributed by atoms with van der Waals surface area (Å²) in [6.45, 7) is 4.30. The summed E-state index contributed by atoms with van der Waals surface area (Å²) in [5.74, 6) is -0.289. The zero-order valence-electron chi connectivity index (χ0n) is 10.1. The molecule has 5 nitrogen and oxygen atoms in total. The first-order valence-corrected chi connectivity index (χ1v) is 5.93. The van der Waals surface area contributed by atoms with Crippen LogP contribution in [0.15, 0.2) is 12.4 Å². The van der Waals surface area contributed by atoms with E-state index in [1.54, 1.807) is 6.07 Å². The molecule has 1 N–H and O–H groups in total. The molecule has 2 rings (SSSR count). The molecule has 1 aromatic rings. The molecule has 0 amide bonds. The van der Waals surface area contributed by atoms with E-state index in [0.717, 1.165) is 18.7 Å². The molecule has 1 saturated heterocycles. The summed E-state index contributed by atoms with van der Waals surface area (Å²) < 4.78 is 0. The van der Waals surface area contributed by atoms with Crippen molar-refractivity contribution in [3.8, 4) is 0 Å². The smallest absolute Gasteiger partial charge is 0.354 e. The van der Waals surface area contributed by atoms with Gasteiger partial charge in [-0.05, 0) is 33.1 Å². The molecular weight excluding hydrogens is 218 g/mol. The molecule has 1 aliphatic rings. The van der Waals surface area contributed by atoms with Crippen LogP contribution < -0.4 is 4.90 Å². The SMILES string of the molecule is C[C@H]1CCC[C@H](C)N1c1cc(C(=O)O)ncn1. The Morgan fingerprint density at radius 2 is 2.00 bits per heavy atom. The summed E-state index contributed by atoms with van der Waals surface area (Å²) in [6, 6.07) is 2.35.